The molecular weight excluding hydrogens is 482 g/mol. The highest BCUT2D eigenvalue weighted by Gasteiger charge is 2.35. The third kappa shape index (κ3) is 5.32. The summed E-state index contributed by atoms with van der Waals surface area (Å²) < 4.78 is 1.68. The third-order valence-corrected chi connectivity index (χ3v) is 6.83. The lowest BCUT2D eigenvalue weighted by atomic mass is 9.85. The summed E-state index contributed by atoms with van der Waals surface area (Å²) in [5, 5.41) is 35.1. The molecule has 2 aliphatic rings. The second kappa shape index (κ2) is 10.0. The van der Waals surface area contributed by atoms with Gasteiger partial charge in [-0.3, -0.25) is 9.48 Å². The molecule has 1 aliphatic carbocycles. The number of carbonyl (C=O) groups excluding carboxylic acids is 1. The van der Waals surface area contributed by atoms with E-state index in [1.165, 1.54) is 0 Å². The molecule has 0 fully saturated rings. The van der Waals surface area contributed by atoms with Crippen LogP contribution in [0.5, 0.6) is 0 Å². The summed E-state index contributed by atoms with van der Waals surface area (Å²) in [6.07, 6.45) is 13.3. The van der Waals surface area contributed by atoms with Gasteiger partial charge in [0.15, 0.2) is 0 Å². The van der Waals surface area contributed by atoms with Crippen molar-refractivity contribution < 1.29 is 15.0 Å². The highest BCUT2D eigenvalue weighted by molar-refractivity contribution is 5.97. The number of nitrogens with zero attached hydrogens (tertiary/aromatic N) is 4. The Balaban J connectivity index is 1.50. The van der Waals surface area contributed by atoms with E-state index in [0.717, 1.165) is 23.2 Å². The Morgan fingerprint density at radius 1 is 1.24 bits per heavy atom. The molecule has 0 saturated heterocycles. The molecular formula is C28H33N7O3. The summed E-state index contributed by atoms with van der Waals surface area (Å²) in [7, 11) is 0. The van der Waals surface area contributed by atoms with Gasteiger partial charge in [-0.25, -0.2) is 4.98 Å². The summed E-state index contributed by atoms with van der Waals surface area (Å²) in [5.74, 6) is 0.841. The lowest BCUT2D eigenvalue weighted by Crippen LogP contribution is -2.47. The van der Waals surface area contributed by atoms with Gasteiger partial charge in [-0.2, -0.15) is 10.1 Å². The first-order valence-electron chi connectivity index (χ1n) is 12.8. The maximum atomic E-state index is 12.1. The van der Waals surface area contributed by atoms with Gasteiger partial charge in [0, 0.05) is 41.3 Å². The minimum atomic E-state index is -0.917. The number of rotatable bonds is 8. The molecule has 0 spiro atoms. The van der Waals surface area contributed by atoms with E-state index in [4.69, 9.17) is 4.98 Å². The van der Waals surface area contributed by atoms with Gasteiger partial charge >= 0.3 is 0 Å². The number of anilines is 3. The topological polar surface area (TPSA) is 137 Å². The largest absolute Gasteiger partial charge is 0.389 e. The molecule has 2 atom stereocenters. The van der Waals surface area contributed by atoms with Crippen molar-refractivity contribution in [2.75, 3.05) is 17.2 Å². The molecule has 1 amide bonds. The smallest absolute Gasteiger partial charge is 0.251 e. The van der Waals surface area contributed by atoms with Crippen LogP contribution < -0.4 is 16.0 Å². The van der Waals surface area contributed by atoms with E-state index in [1.807, 2.05) is 43.5 Å². The normalized spacial score (nSPS) is 20.7. The molecule has 1 aromatic carbocycles. The molecule has 1 aliphatic heterocycles. The predicted molar refractivity (Wildman–Crippen MR) is 146 cm³/mol. The minimum Gasteiger partial charge on any atom is -0.389 e. The molecule has 0 bridgehead atoms. The van der Waals surface area contributed by atoms with Crippen LogP contribution in [0.25, 0.3) is 11.1 Å². The van der Waals surface area contributed by atoms with Gasteiger partial charge < -0.3 is 26.2 Å². The predicted octanol–water partition coefficient (Wildman–Crippen LogP) is 3.19. The number of benzene rings is 1. The highest BCUT2D eigenvalue weighted by atomic mass is 16.3. The number of aromatic nitrogens is 4. The third-order valence-electron chi connectivity index (χ3n) is 6.83. The Kier molecular flexibility index (Phi) is 6.77. The van der Waals surface area contributed by atoms with Crippen molar-refractivity contribution in [2.24, 2.45) is 0 Å². The van der Waals surface area contributed by atoms with E-state index in [9.17, 15) is 15.0 Å². The molecule has 0 radical (unpaired) electrons. The molecule has 38 heavy (non-hydrogen) atoms. The van der Waals surface area contributed by atoms with Gasteiger partial charge in [0.1, 0.15) is 5.82 Å². The fraction of sp³-hybridized carbons (Fsp3) is 0.357. The molecule has 1 unspecified atom stereocenters. The van der Waals surface area contributed by atoms with Crippen LogP contribution >= 0.6 is 0 Å². The second-order valence-corrected chi connectivity index (χ2v) is 10.4. The number of nitrogens with one attached hydrogen (secondary N) is 3. The van der Waals surface area contributed by atoms with Gasteiger partial charge in [0.05, 0.1) is 30.0 Å². The first kappa shape index (κ1) is 25.6. The number of aliphatic hydroxyl groups excluding tert-OH is 1. The zero-order chi connectivity index (χ0) is 26.9. The van der Waals surface area contributed by atoms with E-state index in [0.29, 0.717) is 42.4 Å². The fourth-order valence-corrected chi connectivity index (χ4v) is 4.79. The Bertz CT molecular complexity index is 1410. The van der Waals surface area contributed by atoms with Gasteiger partial charge in [-0.15, -0.1) is 0 Å². The lowest BCUT2D eigenvalue weighted by Gasteiger charge is -2.36. The molecule has 0 saturated carbocycles. The first-order chi connectivity index (χ1) is 18.2. The zero-order valence-corrected chi connectivity index (χ0v) is 21.8. The molecule has 3 heterocycles. The van der Waals surface area contributed by atoms with Crippen LogP contribution in [0, 0.1) is 0 Å². The Labute approximate surface area is 221 Å². The number of aliphatic hydroxyl groups is 2. The van der Waals surface area contributed by atoms with E-state index in [1.54, 1.807) is 43.1 Å². The van der Waals surface area contributed by atoms with Crippen LogP contribution in [0.3, 0.4) is 0 Å². The molecule has 5 rings (SSSR count). The van der Waals surface area contributed by atoms with Crippen LogP contribution in [-0.2, 0) is 13.0 Å². The van der Waals surface area contributed by atoms with Crippen molar-refractivity contribution in [1.82, 2.24) is 25.1 Å². The minimum absolute atomic E-state index is 0.0620. The summed E-state index contributed by atoms with van der Waals surface area (Å²) in [6.45, 7) is 6.40. The standard InChI is InChI=1S/C28H33N7O3/c1-4-28(11-6-5-7-23(28)36)34-24-22(19-14-31-35(16-19)17-27(2,3)38)15-30-26(33-24)32-20-8-9-21-18(13-20)10-12-29-25(21)37/h5-9,11,13-16,23,36,38H,4,10,12,17H2,1-3H3,(H,29,37)(H2,30,32,33,34)/t23?,28-/m0/s1. The number of hydrogen-bond acceptors (Lipinski definition) is 8. The van der Waals surface area contributed by atoms with Crippen LogP contribution in [-0.4, -0.2) is 59.7 Å². The van der Waals surface area contributed by atoms with Crippen molar-refractivity contribution in [3.63, 3.8) is 0 Å². The lowest BCUT2D eigenvalue weighted by molar-refractivity contribution is 0.0577. The first-order valence-corrected chi connectivity index (χ1v) is 12.8. The van der Waals surface area contributed by atoms with Gasteiger partial charge in [0.25, 0.3) is 5.91 Å². The zero-order valence-electron chi connectivity index (χ0n) is 21.8. The van der Waals surface area contributed by atoms with Crippen molar-refractivity contribution in [2.45, 2.75) is 57.4 Å². The summed E-state index contributed by atoms with van der Waals surface area (Å²) >= 11 is 0. The Hall–Kier alpha value is -4.02. The van der Waals surface area contributed by atoms with Gasteiger partial charge in [-0.1, -0.05) is 31.2 Å². The molecule has 10 nitrogen and oxygen atoms in total. The fourth-order valence-electron chi connectivity index (χ4n) is 4.79. The molecule has 2 aromatic heterocycles. The Morgan fingerprint density at radius 3 is 2.84 bits per heavy atom. The SMILES string of the molecule is CC[C@]1(Nc2nc(Nc3ccc4c(c3)CCNC4=O)ncc2-c2cnn(CC(C)(C)O)c2)C=CC=CC1O. The van der Waals surface area contributed by atoms with Crippen molar-refractivity contribution in [1.29, 1.82) is 0 Å². The van der Waals surface area contributed by atoms with Crippen molar-refractivity contribution in [3.05, 3.63) is 72.2 Å². The van der Waals surface area contributed by atoms with Gasteiger partial charge in [0.2, 0.25) is 5.95 Å². The monoisotopic (exact) mass is 515 g/mol. The number of allylic oxidation sites excluding steroid dienone is 2. The summed E-state index contributed by atoms with van der Waals surface area (Å²) in [6, 6.07) is 5.59. The maximum absolute atomic E-state index is 12.1. The van der Waals surface area contributed by atoms with Crippen molar-refractivity contribution >= 4 is 23.4 Å². The molecule has 10 heteroatoms. The highest BCUT2D eigenvalue weighted by Crippen LogP contribution is 2.33. The van der Waals surface area contributed by atoms with E-state index in [2.05, 4.69) is 26.0 Å². The Morgan fingerprint density at radius 2 is 2.08 bits per heavy atom. The maximum Gasteiger partial charge on any atom is 0.251 e. The second-order valence-electron chi connectivity index (χ2n) is 10.4. The summed E-state index contributed by atoms with van der Waals surface area (Å²) in [5.41, 5.74) is 2.25. The number of amides is 1. The van der Waals surface area contributed by atoms with Gasteiger partial charge in [-0.05, 0) is 50.5 Å². The van der Waals surface area contributed by atoms with E-state index < -0.39 is 17.2 Å². The van der Waals surface area contributed by atoms with E-state index in [-0.39, 0.29) is 5.91 Å². The molecule has 3 aromatic rings. The average Bonchev–Trinajstić information content (AvgIpc) is 3.32. The molecule has 198 valence electrons. The van der Waals surface area contributed by atoms with Crippen LogP contribution in [0.15, 0.2) is 61.1 Å². The van der Waals surface area contributed by atoms with Crippen LogP contribution in [0.1, 0.15) is 43.1 Å². The number of carbonyl (C=O) groups is 1. The van der Waals surface area contributed by atoms with Crippen molar-refractivity contribution in [3.8, 4) is 11.1 Å². The summed E-state index contributed by atoms with van der Waals surface area (Å²) in [4.78, 5) is 21.5. The number of fused-ring (bicyclic) bond motifs is 1. The van der Waals surface area contributed by atoms with Crippen LogP contribution in [0.2, 0.25) is 0 Å². The number of hydrogen-bond donors (Lipinski definition) is 5. The quantitative estimate of drug-likeness (QED) is 0.309. The average molecular weight is 516 g/mol. The van der Waals surface area contributed by atoms with Crippen LogP contribution in [0.4, 0.5) is 17.5 Å². The van der Waals surface area contributed by atoms with E-state index >= 15 is 0 Å². The molecule has 5 N–H and O–H groups in total.